The number of likely N-dealkylation sites (tertiary alicyclic amines) is 1. The number of carbonyl (C=O) groups excluding carboxylic acids is 4. The van der Waals surface area contributed by atoms with Gasteiger partial charge in [-0.3, -0.25) is 24.1 Å². The number of phenolic OH excluding ortho intramolecular Hbond substituents is 1. The van der Waals surface area contributed by atoms with Crippen LogP contribution in [0, 0.1) is 17.8 Å². The van der Waals surface area contributed by atoms with Gasteiger partial charge in [0.15, 0.2) is 23.1 Å². The van der Waals surface area contributed by atoms with Crippen molar-refractivity contribution in [2.24, 2.45) is 17.8 Å². The van der Waals surface area contributed by atoms with Crippen LogP contribution >= 0.6 is 15.9 Å². The first-order valence-corrected chi connectivity index (χ1v) is 12.8. The SMILES string of the molecule is COc1cc(Br)cc([C@H]2C3=CC[C@@H]4C(=O)N(C(C)(C)C)C(=O)[C@@H]4[C@@H]3CC3=C2C(=O)C=C(C)C3=O)c1O. The van der Waals surface area contributed by atoms with Gasteiger partial charge in [0.25, 0.3) is 0 Å². The Morgan fingerprint density at radius 3 is 2.42 bits per heavy atom. The summed E-state index contributed by atoms with van der Waals surface area (Å²) in [6.45, 7) is 7.12. The Bertz CT molecular complexity index is 1340. The number of fused-ring (bicyclic) bond motifs is 3. The number of phenols is 1. The van der Waals surface area contributed by atoms with Gasteiger partial charge in [-0.1, -0.05) is 27.6 Å². The highest BCUT2D eigenvalue weighted by molar-refractivity contribution is 9.10. The van der Waals surface area contributed by atoms with Crippen LogP contribution in [0.5, 0.6) is 11.5 Å². The molecular formula is C28H28BrNO6. The molecule has 1 N–H and O–H groups in total. The summed E-state index contributed by atoms with van der Waals surface area (Å²) in [6.07, 6.45) is 3.85. The van der Waals surface area contributed by atoms with Crippen molar-refractivity contribution in [3.8, 4) is 11.5 Å². The van der Waals surface area contributed by atoms with Crippen LogP contribution in [0.3, 0.4) is 0 Å². The van der Waals surface area contributed by atoms with Gasteiger partial charge in [0, 0.05) is 38.2 Å². The topological polar surface area (TPSA) is 101 Å². The second-order valence-electron chi connectivity index (χ2n) is 11.0. The molecule has 7 nitrogen and oxygen atoms in total. The zero-order valence-electron chi connectivity index (χ0n) is 20.8. The van der Waals surface area contributed by atoms with Gasteiger partial charge in [-0.05, 0) is 64.7 Å². The molecule has 0 saturated carbocycles. The number of aromatic hydroxyl groups is 1. The van der Waals surface area contributed by atoms with Crippen LogP contribution in [0.15, 0.2) is 51.0 Å². The molecule has 1 aromatic carbocycles. The Balaban J connectivity index is 1.73. The van der Waals surface area contributed by atoms with E-state index < -0.39 is 29.2 Å². The van der Waals surface area contributed by atoms with E-state index >= 15 is 0 Å². The summed E-state index contributed by atoms with van der Waals surface area (Å²) in [5, 5.41) is 11.1. The molecule has 1 fully saturated rings. The zero-order valence-corrected chi connectivity index (χ0v) is 22.4. The van der Waals surface area contributed by atoms with Crippen molar-refractivity contribution >= 4 is 39.3 Å². The summed E-state index contributed by atoms with van der Waals surface area (Å²) >= 11 is 3.46. The molecule has 5 rings (SSSR count). The van der Waals surface area contributed by atoms with Crippen molar-refractivity contribution < 1.29 is 29.0 Å². The van der Waals surface area contributed by atoms with Crippen molar-refractivity contribution in [1.29, 1.82) is 0 Å². The minimum absolute atomic E-state index is 0.127. The molecule has 1 saturated heterocycles. The molecule has 0 bridgehead atoms. The maximum absolute atomic E-state index is 13.7. The smallest absolute Gasteiger partial charge is 0.234 e. The van der Waals surface area contributed by atoms with Crippen molar-refractivity contribution in [3.05, 3.63) is 56.6 Å². The van der Waals surface area contributed by atoms with Crippen molar-refractivity contribution in [1.82, 2.24) is 4.90 Å². The molecular weight excluding hydrogens is 526 g/mol. The van der Waals surface area contributed by atoms with Gasteiger partial charge in [-0.2, -0.15) is 0 Å². The van der Waals surface area contributed by atoms with E-state index in [-0.39, 0.29) is 41.3 Å². The molecule has 4 aliphatic rings. The number of carbonyl (C=O) groups is 4. The van der Waals surface area contributed by atoms with E-state index in [2.05, 4.69) is 15.9 Å². The fraction of sp³-hybridized carbons (Fsp3) is 0.429. The first-order chi connectivity index (χ1) is 16.9. The number of amides is 2. The van der Waals surface area contributed by atoms with E-state index in [1.807, 2.05) is 26.8 Å². The standard InChI is InChI=1S/C28H28BrNO6/c1-12-8-19(31)23-18(24(12)32)11-16-14(21(23)17-9-13(29)10-20(36-5)25(17)33)6-7-15-22(16)27(35)30(26(15)34)28(2,3)4/h6,8-10,15-16,21-22,33H,7,11H2,1-5H3/t15-,16+,21+,22-/m0/s1. The minimum atomic E-state index is -0.738. The lowest BCUT2D eigenvalue weighted by Gasteiger charge is -2.42. The van der Waals surface area contributed by atoms with Crippen molar-refractivity contribution in [2.45, 2.75) is 52.0 Å². The van der Waals surface area contributed by atoms with Gasteiger partial charge < -0.3 is 9.84 Å². The summed E-state index contributed by atoms with van der Waals surface area (Å²) in [6, 6.07) is 3.34. The molecule has 0 radical (unpaired) electrons. The number of Topliss-reactive ketones (excluding diaryl/α,β-unsaturated/α-hetero) is 1. The summed E-state index contributed by atoms with van der Waals surface area (Å²) in [5.41, 5.74) is 1.57. The second-order valence-corrected chi connectivity index (χ2v) is 11.9. The third-order valence-electron chi connectivity index (χ3n) is 7.83. The van der Waals surface area contributed by atoms with Gasteiger partial charge in [0.1, 0.15) is 0 Å². The molecule has 36 heavy (non-hydrogen) atoms. The maximum Gasteiger partial charge on any atom is 0.234 e. The summed E-state index contributed by atoms with van der Waals surface area (Å²) in [4.78, 5) is 55.1. The van der Waals surface area contributed by atoms with Crippen LogP contribution in [-0.2, 0) is 19.2 Å². The molecule has 4 atom stereocenters. The predicted molar refractivity (Wildman–Crippen MR) is 135 cm³/mol. The van der Waals surface area contributed by atoms with E-state index in [0.717, 1.165) is 5.57 Å². The number of methoxy groups -OCH3 is 1. The molecule has 188 valence electrons. The summed E-state index contributed by atoms with van der Waals surface area (Å²) < 4.78 is 6.00. The minimum Gasteiger partial charge on any atom is -0.504 e. The number of halogens is 1. The number of hydrogen-bond donors (Lipinski definition) is 1. The monoisotopic (exact) mass is 553 g/mol. The van der Waals surface area contributed by atoms with Crippen LogP contribution in [0.1, 0.15) is 52.0 Å². The maximum atomic E-state index is 13.7. The lowest BCUT2D eigenvalue weighted by molar-refractivity contribution is -0.145. The molecule has 1 aliphatic heterocycles. The number of hydrogen-bond acceptors (Lipinski definition) is 6. The molecule has 0 unspecified atom stereocenters. The number of imide groups is 1. The average Bonchev–Trinajstić information content (AvgIpc) is 3.07. The van der Waals surface area contributed by atoms with Crippen molar-refractivity contribution in [2.75, 3.05) is 7.11 Å². The number of ether oxygens (including phenoxy) is 1. The Kier molecular flexibility index (Phi) is 5.67. The third-order valence-corrected chi connectivity index (χ3v) is 8.29. The molecule has 2 amide bonds. The normalized spacial score (nSPS) is 28.0. The van der Waals surface area contributed by atoms with Gasteiger partial charge in [-0.25, -0.2) is 0 Å². The highest BCUT2D eigenvalue weighted by Crippen LogP contribution is 2.57. The number of nitrogens with zero attached hydrogens (tertiary/aromatic N) is 1. The van der Waals surface area contributed by atoms with Crippen molar-refractivity contribution in [3.63, 3.8) is 0 Å². The van der Waals surface area contributed by atoms with E-state index in [0.29, 0.717) is 33.2 Å². The molecule has 1 aromatic rings. The van der Waals surface area contributed by atoms with Gasteiger partial charge in [0.05, 0.1) is 18.9 Å². The first-order valence-electron chi connectivity index (χ1n) is 12.0. The molecule has 3 aliphatic carbocycles. The van der Waals surface area contributed by atoms with E-state index in [1.165, 1.54) is 18.1 Å². The second kappa shape index (κ2) is 8.26. The van der Waals surface area contributed by atoms with E-state index in [9.17, 15) is 24.3 Å². The van der Waals surface area contributed by atoms with Gasteiger partial charge in [-0.15, -0.1) is 0 Å². The molecule has 0 aromatic heterocycles. The average molecular weight is 554 g/mol. The zero-order chi connectivity index (χ0) is 26.3. The third kappa shape index (κ3) is 3.44. The molecule has 8 heteroatoms. The lowest BCUT2D eigenvalue weighted by atomic mass is 9.59. The highest BCUT2D eigenvalue weighted by atomic mass is 79.9. The fourth-order valence-corrected chi connectivity index (χ4v) is 6.82. The lowest BCUT2D eigenvalue weighted by Crippen LogP contribution is -2.46. The Morgan fingerprint density at radius 2 is 1.78 bits per heavy atom. The summed E-state index contributed by atoms with van der Waals surface area (Å²) in [5.74, 6) is -3.17. The van der Waals surface area contributed by atoms with E-state index in [1.54, 1.807) is 19.1 Å². The van der Waals surface area contributed by atoms with Crippen LogP contribution in [-0.4, -0.2) is 46.0 Å². The number of ketones is 2. The molecule has 0 spiro atoms. The van der Waals surface area contributed by atoms with E-state index in [4.69, 9.17) is 4.74 Å². The van der Waals surface area contributed by atoms with Crippen LogP contribution in [0.25, 0.3) is 0 Å². The van der Waals surface area contributed by atoms with Crippen LogP contribution in [0.4, 0.5) is 0 Å². The Hall–Kier alpha value is -3.00. The summed E-state index contributed by atoms with van der Waals surface area (Å²) in [7, 11) is 1.44. The van der Waals surface area contributed by atoms with Gasteiger partial charge >= 0.3 is 0 Å². The number of allylic oxidation sites excluding steroid dienone is 6. The predicted octanol–water partition coefficient (Wildman–Crippen LogP) is 4.39. The van der Waals surface area contributed by atoms with Gasteiger partial charge in [0.2, 0.25) is 11.8 Å². The largest absolute Gasteiger partial charge is 0.504 e. The van der Waals surface area contributed by atoms with Crippen LogP contribution in [0.2, 0.25) is 0 Å². The quantitative estimate of drug-likeness (QED) is 0.331. The Labute approximate surface area is 218 Å². The first kappa shape index (κ1) is 24.7. The molecule has 1 heterocycles. The number of benzene rings is 1. The number of rotatable bonds is 2. The highest BCUT2D eigenvalue weighted by Gasteiger charge is 2.58. The fourth-order valence-electron chi connectivity index (χ4n) is 6.37. The Morgan fingerprint density at radius 1 is 1.08 bits per heavy atom. The van der Waals surface area contributed by atoms with Crippen LogP contribution < -0.4 is 4.74 Å².